The number of benzene rings is 1. The Balaban J connectivity index is 2.18. The summed E-state index contributed by atoms with van der Waals surface area (Å²) in [5.41, 5.74) is -0.230. The molecule has 0 radical (unpaired) electrons. The van der Waals surface area contributed by atoms with E-state index in [0.717, 1.165) is 6.07 Å². The molecule has 1 fully saturated rings. The van der Waals surface area contributed by atoms with E-state index >= 15 is 0 Å². The molecule has 104 valence electrons. The van der Waals surface area contributed by atoms with E-state index in [1.54, 1.807) is 6.07 Å². The second kappa shape index (κ2) is 4.11. The van der Waals surface area contributed by atoms with Gasteiger partial charge in [-0.15, -0.1) is 0 Å². The van der Waals surface area contributed by atoms with Gasteiger partial charge in [0.2, 0.25) is 0 Å². The van der Waals surface area contributed by atoms with Gasteiger partial charge < -0.3 is 10.1 Å². The highest BCUT2D eigenvalue weighted by Gasteiger charge is 2.47. The first-order valence-electron chi connectivity index (χ1n) is 6.05. The minimum absolute atomic E-state index is 0.0178. The Kier molecular flexibility index (Phi) is 2.86. The molecule has 2 aliphatic rings. The Bertz CT molecular complexity index is 531. The van der Waals surface area contributed by atoms with Gasteiger partial charge in [-0.2, -0.15) is 13.2 Å². The highest BCUT2D eigenvalue weighted by Crippen LogP contribution is 2.46. The molecule has 0 bridgehead atoms. The van der Waals surface area contributed by atoms with Gasteiger partial charge >= 0.3 is 6.18 Å². The van der Waals surface area contributed by atoms with Crippen LogP contribution in [0.1, 0.15) is 29.5 Å². The molecule has 1 N–H and O–H groups in total. The number of hydrogen-bond donors (Lipinski definition) is 1. The molecule has 3 rings (SSSR count). The van der Waals surface area contributed by atoms with E-state index < -0.39 is 17.3 Å². The highest BCUT2D eigenvalue weighted by atomic mass is 35.5. The average molecular weight is 292 g/mol. The Labute approximate surface area is 113 Å². The summed E-state index contributed by atoms with van der Waals surface area (Å²) in [4.78, 5) is 0. The van der Waals surface area contributed by atoms with Gasteiger partial charge in [0.05, 0.1) is 17.8 Å². The van der Waals surface area contributed by atoms with Crippen molar-refractivity contribution < 1.29 is 17.9 Å². The number of fused-ring (bicyclic) bond motifs is 3. The number of hydrogen-bond acceptors (Lipinski definition) is 2. The lowest BCUT2D eigenvalue weighted by atomic mass is 9.80. The summed E-state index contributed by atoms with van der Waals surface area (Å²) in [6.07, 6.45) is -4.40. The maximum atomic E-state index is 13.1. The number of rotatable bonds is 0. The molecule has 0 aromatic heterocycles. The molecular weight excluding hydrogens is 279 g/mol. The van der Waals surface area contributed by atoms with Crippen molar-refractivity contribution in [3.8, 4) is 0 Å². The summed E-state index contributed by atoms with van der Waals surface area (Å²) < 4.78 is 44.9. The normalized spacial score (nSPS) is 30.1. The lowest BCUT2D eigenvalue weighted by molar-refractivity contribution is -0.140. The van der Waals surface area contributed by atoms with Crippen molar-refractivity contribution in [1.82, 2.24) is 5.32 Å². The summed E-state index contributed by atoms with van der Waals surface area (Å²) in [5, 5.41) is 3.30. The summed E-state index contributed by atoms with van der Waals surface area (Å²) >= 11 is 5.86. The van der Waals surface area contributed by atoms with Crippen LogP contribution in [0.3, 0.4) is 0 Å². The lowest BCUT2D eigenvalue weighted by Crippen LogP contribution is -2.40. The molecule has 0 amide bonds. The van der Waals surface area contributed by atoms with Crippen LogP contribution in [0.2, 0.25) is 5.02 Å². The number of alkyl halides is 3. The van der Waals surface area contributed by atoms with Gasteiger partial charge in [0.15, 0.2) is 0 Å². The van der Waals surface area contributed by atoms with Crippen LogP contribution in [-0.2, 0) is 17.5 Å². The van der Waals surface area contributed by atoms with E-state index in [9.17, 15) is 13.2 Å². The van der Waals surface area contributed by atoms with Crippen LogP contribution in [0.5, 0.6) is 0 Å². The highest BCUT2D eigenvalue weighted by molar-refractivity contribution is 6.30. The Morgan fingerprint density at radius 3 is 2.84 bits per heavy atom. The third-order valence-corrected chi connectivity index (χ3v) is 4.26. The zero-order valence-electron chi connectivity index (χ0n) is 10.3. The monoisotopic (exact) mass is 291 g/mol. The molecule has 1 aromatic carbocycles. The first-order valence-corrected chi connectivity index (χ1v) is 6.43. The molecule has 0 saturated carbocycles. The van der Waals surface area contributed by atoms with Crippen molar-refractivity contribution in [2.45, 2.75) is 31.2 Å². The zero-order valence-corrected chi connectivity index (χ0v) is 11.0. The topological polar surface area (TPSA) is 21.3 Å². The Morgan fingerprint density at radius 2 is 2.16 bits per heavy atom. The molecule has 1 aromatic rings. The summed E-state index contributed by atoms with van der Waals surface area (Å²) in [6.45, 7) is 3.16. The van der Waals surface area contributed by atoms with Crippen LogP contribution in [0.25, 0.3) is 0 Å². The summed E-state index contributed by atoms with van der Waals surface area (Å²) in [5.74, 6) is -0.0870. The van der Waals surface area contributed by atoms with Crippen LogP contribution >= 0.6 is 11.6 Å². The van der Waals surface area contributed by atoms with Gasteiger partial charge in [0.25, 0.3) is 0 Å². The summed E-state index contributed by atoms with van der Waals surface area (Å²) in [7, 11) is 0. The van der Waals surface area contributed by atoms with Crippen LogP contribution in [0.15, 0.2) is 12.1 Å². The van der Waals surface area contributed by atoms with Crippen LogP contribution in [0.4, 0.5) is 13.2 Å². The standard InChI is InChI=1S/C13H13ClF3NO/c1-12-6-18-4-11(12)8-2-7(14)3-10(13(15,16)17)9(8)5-19-12/h2-3,11,18H,4-6H2,1H3/t11-,12-/m1/s1. The molecule has 1 saturated heterocycles. The molecule has 2 atom stereocenters. The van der Waals surface area contributed by atoms with Crippen molar-refractivity contribution in [2.24, 2.45) is 0 Å². The number of halogens is 4. The van der Waals surface area contributed by atoms with Crippen molar-refractivity contribution >= 4 is 11.6 Å². The minimum Gasteiger partial charge on any atom is -0.369 e. The number of ether oxygens (including phenoxy) is 1. The molecule has 6 heteroatoms. The zero-order chi connectivity index (χ0) is 13.8. The lowest BCUT2D eigenvalue weighted by Gasteiger charge is -2.38. The van der Waals surface area contributed by atoms with Crippen LogP contribution < -0.4 is 5.32 Å². The predicted molar refractivity (Wildman–Crippen MR) is 65.3 cm³/mol. The quantitative estimate of drug-likeness (QED) is 0.791. The predicted octanol–water partition coefficient (Wildman–Crippen LogP) is 3.33. The second-order valence-corrected chi connectivity index (χ2v) is 5.74. The van der Waals surface area contributed by atoms with Crippen LogP contribution in [0, 0.1) is 0 Å². The maximum Gasteiger partial charge on any atom is 0.416 e. The van der Waals surface area contributed by atoms with Crippen molar-refractivity contribution in [1.29, 1.82) is 0 Å². The minimum atomic E-state index is -4.40. The SMILES string of the molecule is C[C@@]12CNC[C@@H]1c1cc(Cl)cc(C(F)(F)F)c1CO2. The second-order valence-electron chi connectivity index (χ2n) is 5.30. The van der Waals surface area contributed by atoms with Gasteiger partial charge in [0, 0.05) is 24.0 Å². The van der Waals surface area contributed by atoms with Crippen molar-refractivity contribution in [3.05, 3.63) is 33.8 Å². The maximum absolute atomic E-state index is 13.1. The van der Waals surface area contributed by atoms with Gasteiger partial charge in [-0.1, -0.05) is 11.6 Å². The molecule has 0 spiro atoms. The van der Waals surface area contributed by atoms with E-state index in [1.165, 1.54) is 0 Å². The molecule has 2 nitrogen and oxygen atoms in total. The van der Waals surface area contributed by atoms with Gasteiger partial charge in [-0.05, 0) is 30.2 Å². The molecule has 2 heterocycles. The Morgan fingerprint density at radius 1 is 1.42 bits per heavy atom. The molecule has 0 unspecified atom stereocenters. The third-order valence-electron chi connectivity index (χ3n) is 4.04. The van der Waals surface area contributed by atoms with E-state index in [1.807, 2.05) is 6.92 Å². The molecular formula is C13H13ClF3NO. The van der Waals surface area contributed by atoms with Crippen LogP contribution in [-0.4, -0.2) is 18.7 Å². The van der Waals surface area contributed by atoms with Gasteiger partial charge in [-0.3, -0.25) is 0 Å². The average Bonchev–Trinajstić information content (AvgIpc) is 2.69. The fraction of sp³-hybridized carbons (Fsp3) is 0.538. The van der Waals surface area contributed by atoms with E-state index in [4.69, 9.17) is 16.3 Å². The van der Waals surface area contributed by atoms with Crippen molar-refractivity contribution in [2.75, 3.05) is 13.1 Å². The van der Waals surface area contributed by atoms with E-state index in [2.05, 4.69) is 5.32 Å². The van der Waals surface area contributed by atoms with Gasteiger partial charge in [0.1, 0.15) is 0 Å². The first-order chi connectivity index (χ1) is 8.81. The Hall–Kier alpha value is -0.780. The molecule has 19 heavy (non-hydrogen) atoms. The first kappa shape index (κ1) is 13.2. The van der Waals surface area contributed by atoms with E-state index in [-0.39, 0.29) is 23.1 Å². The van der Waals surface area contributed by atoms with Crippen molar-refractivity contribution in [3.63, 3.8) is 0 Å². The fourth-order valence-corrected chi connectivity index (χ4v) is 3.24. The molecule has 2 aliphatic heterocycles. The largest absolute Gasteiger partial charge is 0.416 e. The fourth-order valence-electron chi connectivity index (χ4n) is 3.01. The third kappa shape index (κ3) is 2.04. The van der Waals surface area contributed by atoms with Gasteiger partial charge in [-0.25, -0.2) is 0 Å². The number of nitrogens with one attached hydrogen (secondary N) is 1. The summed E-state index contributed by atoms with van der Waals surface area (Å²) in [6, 6.07) is 2.62. The smallest absolute Gasteiger partial charge is 0.369 e. The molecule has 0 aliphatic carbocycles. The van der Waals surface area contributed by atoms with E-state index in [0.29, 0.717) is 18.7 Å².